The molecule has 0 bridgehead atoms. The van der Waals surface area contributed by atoms with Crippen LogP contribution >= 0.6 is 0 Å². The fourth-order valence-electron chi connectivity index (χ4n) is 3.31. The topological polar surface area (TPSA) is 88.3 Å². The highest BCUT2D eigenvalue weighted by Gasteiger charge is 2.31. The molecule has 1 aromatic carbocycles. The van der Waals surface area contributed by atoms with Crippen molar-refractivity contribution in [3.8, 4) is 0 Å². The van der Waals surface area contributed by atoms with Crippen LogP contribution in [-0.2, 0) is 6.42 Å². The van der Waals surface area contributed by atoms with Gasteiger partial charge in [-0.3, -0.25) is 14.6 Å². The fourth-order valence-corrected chi connectivity index (χ4v) is 3.31. The van der Waals surface area contributed by atoms with E-state index in [-0.39, 0.29) is 17.6 Å². The first-order valence-corrected chi connectivity index (χ1v) is 8.65. The monoisotopic (exact) mass is 362 g/mol. The lowest BCUT2D eigenvalue weighted by atomic mass is 10.1. The van der Waals surface area contributed by atoms with E-state index in [1.807, 2.05) is 31.2 Å². The summed E-state index contributed by atoms with van der Waals surface area (Å²) in [6, 6.07) is 12.6. The second kappa shape index (κ2) is 6.68. The average molecular weight is 362 g/mol. The molecule has 4 rings (SSSR count). The van der Waals surface area contributed by atoms with Gasteiger partial charge in [-0.2, -0.15) is 0 Å². The molecule has 3 aromatic rings. The number of carbonyl (C=O) groups is 2. The summed E-state index contributed by atoms with van der Waals surface area (Å²) >= 11 is 0. The van der Waals surface area contributed by atoms with Gasteiger partial charge in [-0.15, -0.1) is 0 Å². The molecule has 3 heterocycles. The molecule has 27 heavy (non-hydrogen) atoms. The summed E-state index contributed by atoms with van der Waals surface area (Å²) < 4.78 is 4.93. The summed E-state index contributed by atoms with van der Waals surface area (Å²) in [5, 5.41) is 6.33. The van der Waals surface area contributed by atoms with E-state index < -0.39 is 5.91 Å². The van der Waals surface area contributed by atoms with Crippen LogP contribution in [0.15, 0.2) is 53.2 Å². The van der Waals surface area contributed by atoms with Gasteiger partial charge in [0.25, 0.3) is 11.8 Å². The fraction of sp³-hybridized carbons (Fsp3) is 0.200. The maximum absolute atomic E-state index is 13.1. The van der Waals surface area contributed by atoms with E-state index in [9.17, 15) is 9.59 Å². The Morgan fingerprint density at radius 3 is 2.81 bits per heavy atom. The minimum absolute atomic E-state index is 0.0541. The second-order valence-corrected chi connectivity index (χ2v) is 6.56. The molecule has 1 aliphatic heterocycles. The van der Waals surface area contributed by atoms with Crippen molar-refractivity contribution in [2.24, 2.45) is 0 Å². The molecule has 2 aromatic heterocycles. The zero-order valence-corrected chi connectivity index (χ0v) is 15.0. The van der Waals surface area contributed by atoms with Crippen molar-refractivity contribution < 1.29 is 14.1 Å². The smallest absolute Gasteiger partial charge is 0.275 e. The van der Waals surface area contributed by atoms with E-state index in [1.54, 1.807) is 24.0 Å². The number of anilines is 2. The van der Waals surface area contributed by atoms with E-state index in [2.05, 4.69) is 15.5 Å². The number of fused-ring (bicyclic) bond motifs is 1. The van der Waals surface area contributed by atoms with Crippen LogP contribution in [-0.4, -0.2) is 28.0 Å². The molecule has 1 atom stereocenters. The summed E-state index contributed by atoms with van der Waals surface area (Å²) in [7, 11) is 0. The molecular weight excluding hydrogens is 344 g/mol. The van der Waals surface area contributed by atoms with Crippen molar-refractivity contribution in [2.75, 3.05) is 10.2 Å². The summed E-state index contributed by atoms with van der Waals surface area (Å²) in [6.07, 6.45) is 2.27. The van der Waals surface area contributed by atoms with E-state index in [0.29, 0.717) is 17.1 Å². The number of carbonyl (C=O) groups excluding carboxylic acids is 2. The highest BCUT2D eigenvalue weighted by molar-refractivity contribution is 6.09. The van der Waals surface area contributed by atoms with Gasteiger partial charge in [0.2, 0.25) is 0 Å². The first-order valence-electron chi connectivity index (χ1n) is 8.65. The van der Waals surface area contributed by atoms with Crippen molar-refractivity contribution in [2.45, 2.75) is 26.3 Å². The Kier molecular flexibility index (Phi) is 4.19. The number of aryl methyl sites for hydroxylation is 1. The van der Waals surface area contributed by atoms with Gasteiger partial charge in [0.1, 0.15) is 11.5 Å². The number of benzene rings is 1. The van der Waals surface area contributed by atoms with Gasteiger partial charge in [0.05, 0.1) is 0 Å². The summed E-state index contributed by atoms with van der Waals surface area (Å²) in [4.78, 5) is 31.3. The summed E-state index contributed by atoms with van der Waals surface area (Å²) in [6.45, 7) is 3.74. The molecule has 1 unspecified atom stereocenters. The molecule has 0 aliphatic carbocycles. The highest BCUT2D eigenvalue weighted by Crippen LogP contribution is 2.33. The number of aromatic nitrogens is 2. The Labute approximate surface area is 156 Å². The number of rotatable bonds is 3. The van der Waals surface area contributed by atoms with Gasteiger partial charge in [-0.1, -0.05) is 23.4 Å². The Morgan fingerprint density at radius 2 is 2.04 bits per heavy atom. The van der Waals surface area contributed by atoms with E-state index in [0.717, 1.165) is 17.7 Å². The number of nitrogens with one attached hydrogen (secondary N) is 1. The third kappa shape index (κ3) is 3.19. The number of amides is 2. The molecule has 7 heteroatoms. The van der Waals surface area contributed by atoms with E-state index in [4.69, 9.17) is 4.52 Å². The molecular formula is C20H18N4O3. The quantitative estimate of drug-likeness (QED) is 0.773. The zero-order chi connectivity index (χ0) is 19.0. The standard InChI is InChI=1S/C20H18N4O3/c1-12-9-14-5-3-4-6-17(14)24(12)20(26)15-7-8-21-16(11-15)19(25)22-18-10-13(2)27-23-18/h3-8,10-12H,9H2,1-2H3,(H,22,23,25). The van der Waals surface area contributed by atoms with E-state index in [1.165, 1.54) is 12.3 Å². The van der Waals surface area contributed by atoms with E-state index >= 15 is 0 Å². The lowest BCUT2D eigenvalue weighted by Gasteiger charge is -2.22. The predicted octanol–water partition coefficient (Wildman–Crippen LogP) is 3.22. The lowest BCUT2D eigenvalue weighted by Crippen LogP contribution is -2.35. The molecule has 0 radical (unpaired) electrons. The maximum Gasteiger partial charge on any atom is 0.275 e. The van der Waals surface area contributed by atoms with Crippen LogP contribution in [0.25, 0.3) is 0 Å². The third-order valence-electron chi connectivity index (χ3n) is 4.54. The molecule has 7 nitrogen and oxygen atoms in total. The molecule has 1 aliphatic rings. The van der Waals surface area contributed by atoms with Crippen LogP contribution in [0.3, 0.4) is 0 Å². The predicted molar refractivity (Wildman–Crippen MR) is 99.8 cm³/mol. The van der Waals surface area contributed by atoms with Crippen LogP contribution in [0.1, 0.15) is 39.1 Å². The number of pyridine rings is 1. The summed E-state index contributed by atoms with van der Waals surface area (Å²) in [5.41, 5.74) is 2.61. The van der Waals surface area contributed by atoms with Crippen LogP contribution in [0.5, 0.6) is 0 Å². The molecule has 2 amide bonds. The zero-order valence-electron chi connectivity index (χ0n) is 15.0. The molecule has 0 saturated carbocycles. The van der Waals surface area contributed by atoms with Crippen LogP contribution < -0.4 is 10.2 Å². The van der Waals surface area contributed by atoms with Gasteiger partial charge in [0, 0.05) is 29.6 Å². The molecule has 0 saturated heterocycles. The molecule has 0 fully saturated rings. The Morgan fingerprint density at radius 1 is 1.22 bits per heavy atom. The van der Waals surface area contributed by atoms with Crippen molar-refractivity contribution in [3.05, 3.63) is 71.2 Å². The highest BCUT2D eigenvalue weighted by atomic mass is 16.5. The number of hydrogen-bond acceptors (Lipinski definition) is 5. The molecule has 1 N–H and O–H groups in total. The Balaban J connectivity index is 1.59. The van der Waals surface area contributed by atoms with Gasteiger partial charge in [0.15, 0.2) is 5.82 Å². The van der Waals surface area contributed by atoms with Crippen molar-refractivity contribution in [1.29, 1.82) is 0 Å². The molecule has 0 spiro atoms. The third-order valence-corrected chi connectivity index (χ3v) is 4.54. The van der Waals surface area contributed by atoms with Gasteiger partial charge in [-0.25, -0.2) is 0 Å². The summed E-state index contributed by atoms with van der Waals surface area (Å²) in [5.74, 6) is 0.288. The first-order chi connectivity index (χ1) is 13.0. The normalized spacial score (nSPS) is 15.5. The SMILES string of the molecule is Cc1cc(NC(=O)c2cc(C(=O)N3c4ccccc4CC3C)ccn2)no1. The first kappa shape index (κ1) is 17.0. The largest absolute Gasteiger partial charge is 0.360 e. The maximum atomic E-state index is 13.1. The van der Waals surface area contributed by atoms with Gasteiger partial charge < -0.3 is 14.7 Å². The Hall–Kier alpha value is -3.48. The number of nitrogens with zero attached hydrogens (tertiary/aromatic N) is 3. The number of hydrogen-bond donors (Lipinski definition) is 1. The lowest BCUT2D eigenvalue weighted by molar-refractivity contribution is 0.0981. The van der Waals surface area contributed by atoms with Crippen molar-refractivity contribution in [3.63, 3.8) is 0 Å². The van der Waals surface area contributed by atoms with Crippen LogP contribution in [0.4, 0.5) is 11.5 Å². The molecule has 136 valence electrons. The minimum Gasteiger partial charge on any atom is -0.360 e. The van der Waals surface area contributed by atoms with Crippen LogP contribution in [0, 0.1) is 6.92 Å². The number of para-hydroxylation sites is 1. The van der Waals surface area contributed by atoms with Crippen molar-refractivity contribution >= 4 is 23.3 Å². The van der Waals surface area contributed by atoms with Crippen LogP contribution in [0.2, 0.25) is 0 Å². The Bertz CT molecular complexity index is 1030. The minimum atomic E-state index is -0.451. The average Bonchev–Trinajstić information content (AvgIpc) is 3.23. The second-order valence-electron chi connectivity index (χ2n) is 6.56. The van der Waals surface area contributed by atoms with Crippen molar-refractivity contribution in [1.82, 2.24) is 10.1 Å². The van der Waals surface area contributed by atoms with Gasteiger partial charge >= 0.3 is 0 Å². The van der Waals surface area contributed by atoms with Gasteiger partial charge in [-0.05, 0) is 44.0 Å².